The summed E-state index contributed by atoms with van der Waals surface area (Å²) < 4.78 is 44.8. The third kappa shape index (κ3) is 3.37. The molecule has 2 saturated carbocycles. The van der Waals surface area contributed by atoms with Crippen LogP contribution in [0, 0.1) is 17.3 Å². The molecule has 2 nitrogen and oxygen atoms in total. The van der Waals surface area contributed by atoms with E-state index in [0.717, 1.165) is 56.2 Å². The van der Waals surface area contributed by atoms with E-state index in [9.17, 15) is 18.3 Å². The van der Waals surface area contributed by atoms with E-state index in [4.69, 9.17) is 4.74 Å². The van der Waals surface area contributed by atoms with Crippen molar-refractivity contribution in [1.29, 1.82) is 0 Å². The van der Waals surface area contributed by atoms with Crippen LogP contribution in [0.5, 0.6) is 5.75 Å². The summed E-state index contributed by atoms with van der Waals surface area (Å²) >= 11 is 0. The summed E-state index contributed by atoms with van der Waals surface area (Å²) in [5.74, 6) is 2.13. The quantitative estimate of drug-likeness (QED) is 0.513. The third-order valence-electron chi connectivity index (χ3n) is 8.51. The fourth-order valence-electron chi connectivity index (χ4n) is 6.82. The number of benzene rings is 2. The minimum absolute atomic E-state index is 0.0147. The summed E-state index contributed by atoms with van der Waals surface area (Å²) in [7, 11) is 0. The van der Waals surface area contributed by atoms with Crippen molar-refractivity contribution in [2.45, 2.75) is 63.6 Å². The Hall–Kier alpha value is -2.27. The minimum Gasteiger partial charge on any atom is -0.465 e. The van der Waals surface area contributed by atoms with E-state index >= 15 is 0 Å². The van der Waals surface area contributed by atoms with Gasteiger partial charge < -0.3 is 9.84 Å². The first-order chi connectivity index (χ1) is 15.2. The molecule has 0 radical (unpaired) electrons. The molecule has 0 aliphatic heterocycles. The van der Waals surface area contributed by atoms with E-state index in [0.29, 0.717) is 29.1 Å². The fraction of sp³-hybridized carbons (Fsp3) is 0.481. The number of aliphatic hydroxyl groups is 1. The van der Waals surface area contributed by atoms with Crippen LogP contribution in [0.3, 0.4) is 0 Å². The highest BCUT2D eigenvalue weighted by molar-refractivity contribution is 5.73. The van der Waals surface area contributed by atoms with Crippen molar-refractivity contribution >= 4 is 0 Å². The number of hydrogen-bond donors (Lipinski definition) is 1. The second-order valence-electron chi connectivity index (χ2n) is 9.96. The second-order valence-corrected chi connectivity index (χ2v) is 9.96. The molecule has 1 N–H and O–H groups in total. The number of alkyl halides is 3. The van der Waals surface area contributed by atoms with Crippen LogP contribution >= 0.6 is 0 Å². The van der Waals surface area contributed by atoms with Crippen LogP contribution in [0.4, 0.5) is 13.2 Å². The molecule has 2 aromatic carbocycles. The van der Waals surface area contributed by atoms with Gasteiger partial charge in [0.25, 0.3) is 0 Å². The summed E-state index contributed by atoms with van der Waals surface area (Å²) in [6.07, 6.45) is 2.89. The maximum atomic E-state index is 13.0. The Bertz CT molecular complexity index is 1030. The van der Waals surface area contributed by atoms with Gasteiger partial charge in [0.15, 0.2) is 0 Å². The Kier molecular flexibility index (Phi) is 5.16. The molecule has 5 heteroatoms. The standard InChI is InChI=1S/C27H29F3O2/c1-3-32-24-14-17-6-9-20-19(12-13-26(2)23(20)10-11-25(26)31)21(17)15-22(24)16-4-7-18(8-5-16)27(28,29)30/h3-5,7-8,14-15,19-20,23,25,31H,1,6,9-13H2,2H3/t19-,20+,23-,25-,26-/m0/s1. The van der Waals surface area contributed by atoms with Crippen molar-refractivity contribution in [3.05, 3.63) is 65.9 Å². The molecule has 170 valence electrons. The highest BCUT2D eigenvalue weighted by Gasteiger charge is 2.54. The second kappa shape index (κ2) is 7.65. The lowest BCUT2D eigenvalue weighted by molar-refractivity contribution is -0.137. The average molecular weight is 443 g/mol. The van der Waals surface area contributed by atoms with Crippen molar-refractivity contribution in [3.63, 3.8) is 0 Å². The van der Waals surface area contributed by atoms with Gasteiger partial charge in [0.2, 0.25) is 0 Å². The Morgan fingerprint density at radius 2 is 1.84 bits per heavy atom. The molecule has 3 aliphatic carbocycles. The summed E-state index contributed by atoms with van der Waals surface area (Å²) in [5, 5.41) is 10.6. The zero-order valence-corrected chi connectivity index (χ0v) is 18.3. The van der Waals surface area contributed by atoms with Crippen molar-refractivity contribution < 1.29 is 23.0 Å². The maximum Gasteiger partial charge on any atom is 0.416 e. The fourth-order valence-corrected chi connectivity index (χ4v) is 6.82. The van der Waals surface area contributed by atoms with Crippen molar-refractivity contribution in [1.82, 2.24) is 0 Å². The lowest BCUT2D eigenvalue weighted by atomic mass is 9.55. The van der Waals surface area contributed by atoms with E-state index in [-0.39, 0.29) is 11.5 Å². The van der Waals surface area contributed by atoms with E-state index in [1.807, 2.05) is 0 Å². The van der Waals surface area contributed by atoms with Crippen LogP contribution in [-0.2, 0) is 12.6 Å². The van der Waals surface area contributed by atoms with Gasteiger partial charge >= 0.3 is 6.18 Å². The monoisotopic (exact) mass is 442 g/mol. The third-order valence-corrected chi connectivity index (χ3v) is 8.51. The Morgan fingerprint density at radius 1 is 1.09 bits per heavy atom. The summed E-state index contributed by atoms with van der Waals surface area (Å²) in [5.41, 5.74) is 3.43. The number of aryl methyl sites for hydroxylation is 1. The van der Waals surface area contributed by atoms with Gasteiger partial charge in [0, 0.05) is 5.56 Å². The van der Waals surface area contributed by atoms with Gasteiger partial charge in [-0.15, -0.1) is 0 Å². The van der Waals surface area contributed by atoms with Crippen molar-refractivity contribution in [2.75, 3.05) is 0 Å². The van der Waals surface area contributed by atoms with Gasteiger partial charge in [0.1, 0.15) is 5.75 Å². The molecule has 0 spiro atoms. The van der Waals surface area contributed by atoms with Crippen molar-refractivity contribution in [3.8, 4) is 16.9 Å². The zero-order valence-electron chi connectivity index (χ0n) is 18.3. The average Bonchev–Trinajstić information content (AvgIpc) is 3.07. The molecule has 2 aromatic rings. The highest BCUT2D eigenvalue weighted by atomic mass is 19.4. The predicted octanol–water partition coefficient (Wildman–Crippen LogP) is 7.11. The largest absolute Gasteiger partial charge is 0.465 e. The van der Waals surface area contributed by atoms with E-state index < -0.39 is 11.7 Å². The molecule has 5 atom stereocenters. The molecule has 3 aliphatic rings. The molecule has 0 aromatic heterocycles. The van der Waals surface area contributed by atoms with Crippen molar-refractivity contribution in [2.24, 2.45) is 17.3 Å². The van der Waals surface area contributed by atoms with E-state index in [1.54, 1.807) is 0 Å². The lowest BCUT2D eigenvalue weighted by Crippen LogP contribution is -2.43. The number of ether oxygens (including phenoxy) is 1. The topological polar surface area (TPSA) is 29.5 Å². The molecule has 32 heavy (non-hydrogen) atoms. The van der Waals surface area contributed by atoms with Gasteiger partial charge in [-0.2, -0.15) is 13.2 Å². The summed E-state index contributed by atoms with van der Waals surface area (Å²) in [4.78, 5) is 0. The van der Waals surface area contributed by atoms with Crippen LogP contribution < -0.4 is 4.74 Å². The SMILES string of the molecule is C=COc1cc2c(cc1-c1ccc(C(F)(F)F)cc1)[C@H]1CC[C@]3(C)[C@@H](O)CC[C@H]3[C@@H]1CC2. The Balaban J connectivity index is 1.55. The molecule has 2 fully saturated rings. The molecule has 0 unspecified atom stereocenters. The van der Waals surface area contributed by atoms with Crippen LogP contribution in [0.1, 0.15) is 61.6 Å². The number of hydrogen-bond acceptors (Lipinski definition) is 2. The molecule has 0 heterocycles. The van der Waals surface area contributed by atoms with Crippen LogP contribution in [-0.4, -0.2) is 11.2 Å². The Morgan fingerprint density at radius 3 is 2.53 bits per heavy atom. The Labute approximate surface area is 187 Å². The number of aliphatic hydroxyl groups excluding tert-OH is 1. The molecule has 0 saturated heterocycles. The first kappa shape index (κ1) is 21.6. The van der Waals surface area contributed by atoms with Gasteiger partial charge in [0.05, 0.1) is 17.9 Å². The molecule has 5 rings (SSSR count). The first-order valence-corrected chi connectivity index (χ1v) is 11.5. The van der Waals surface area contributed by atoms with Gasteiger partial charge in [-0.1, -0.05) is 25.6 Å². The maximum absolute atomic E-state index is 13.0. The molecular formula is C27H29F3O2. The van der Waals surface area contributed by atoms with Crippen LogP contribution in [0.25, 0.3) is 11.1 Å². The van der Waals surface area contributed by atoms with Gasteiger partial charge in [-0.25, -0.2) is 0 Å². The van der Waals surface area contributed by atoms with Crippen LogP contribution in [0.2, 0.25) is 0 Å². The number of halogens is 3. The van der Waals surface area contributed by atoms with E-state index in [1.165, 1.54) is 29.5 Å². The summed E-state index contributed by atoms with van der Waals surface area (Å²) in [6.45, 7) is 5.93. The first-order valence-electron chi connectivity index (χ1n) is 11.5. The molecule has 0 amide bonds. The normalized spacial score (nSPS) is 31.4. The highest BCUT2D eigenvalue weighted by Crippen LogP contribution is 2.61. The van der Waals surface area contributed by atoms with E-state index in [2.05, 4.69) is 25.6 Å². The van der Waals surface area contributed by atoms with Gasteiger partial charge in [-0.05, 0) is 103 Å². The zero-order chi connectivity index (χ0) is 22.7. The van der Waals surface area contributed by atoms with Gasteiger partial charge in [-0.3, -0.25) is 0 Å². The summed E-state index contributed by atoms with van der Waals surface area (Å²) in [6, 6.07) is 9.49. The number of fused-ring (bicyclic) bond motifs is 5. The smallest absolute Gasteiger partial charge is 0.416 e. The molecular weight excluding hydrogens is 413 g/mol. The lowest BCUT2D eigenvalue weighted by Gasteiger charge is -2.50. The number of rotatable bonds is 3. The minimum atomic E-state index is -4.36. The van der Waals surface area contributed by atoms with Crippen LogP contribution in [0.15, 0.2) is 49.2 Å². The predicted molar refractivity (Wildman–Crippen MR) is 118 cm³/mol. The molecule has 0 bridgehead atoms.